The minimum atomic E-state index is 0.208. The van der Waals surface area contributed by atoms with E-state index < -0.39 is 0 Å². The van der Waals surface area contributed by atoms with E-state index >= 15 is 0 Å². The van der Waals surface area contributed by atoms with E-state index in [1.54, 1.807) is 0 Å². The lowest BCUT2D eigenvalue weighted by molar-refractivity contribution is -0.122. The third kappa shape index (κ3) is 4.83. The Labute approximate surface area is 262 Å². The number of fused-ring (bicyclic) bond motifs is 6. The molecule has 0 amide bonds. The summed E-state index contributed by atoms with van der Waals surface area (Å²) in [5.74, 6) is 0. The summed E-state index contributed by atoms with van der Waals surface area (Å²) < 4.78 is 16.6. The smallest absolute Gasteiger partial charge is 0.0571 e. The molecule has 0 saturated carbocycles. The van der Waals surface area contributed by atoms with Crippen molar-refractivity contribution < 1.29 is 9.47 Å². The molecule has 4 heteroatoms. The molecule has 0 radical (unpaired) electrons. The first-order valence-electron chi connectivity index (χ1n) is 16.8. The summed E-state index contributed by atoms with van der Waals surface area (Å²) in [6.45, 7) is 18.0. The number of hydrogen-bond acceptors (Lipinski definition) is 2. The maximum absolute atomic E-state index is 5.74. The van der Waals surface area contributed by atoms with Gasteiger partial charge in [0.15, 0.2) is 0 Å². The molecule has 2 aliphatic heterocycles. The van der Waals surface area contributed by atoms with Crippen molar-refractivity contribution in [2.45, 2.75) is 67.5 Å². The van der Waals surface area contributed by atoms with Crippen molar-refractivity contribution in [3.05, 3.63) is 84.9 Å². The molecule has 2 aromatic heterocycles. The van der Waals surface area contributed by atoms with Crippen LogP contribution in [-0.4, -0.2) is 35.6 Å². The second-order valence-corrected chi connectivity index (χ2v) is 12.3. The van der Waals surface area contributed by atoms with Crippen LogP contribution in [0.15, 0.2) is 84.9 Å². The van der Waals surface area contributed by atoms with Gasteiger partial charge in [-0.05, 0) is 42.7 Å². The van der Waals surface area contributed by atoms with Crippen molar-refractivity contribution in [3.8, 4) is 11.1 Å². The molecule has 8 rings (SSSR count). The Hall–Kier alpha value is -3.60. The predicted octanol–water partition coefficient (Wildman–Crippen LogP) is 10.5. The Balaban J connectivity index is 0.000000826. The van der Waals surface area contributed by atoms with Gasteiger partial charge in [0.1, 0.15) is 0 Å². The number of ether oxygens (including phenoxy) is 2. The van der Waals surface area contributed by atoms with E-state index in [1.807, 2.05) is 27.7 Å². The number of hydrogen-bond donors (Lipinski definition) is 0. The second-order valence-electron chi connectivity index (χ2n) is 12.3. The van der Waals surface area contributed by atoms with Crippen LogP contribution in [0.3, 0.4) is 0 Å². The molecule has 4 aromatic carbocycles. The van der Waals surface area contributed by atoms with Crippen molar-refractivity contribution >= 4 is 43.6 Å². The molecular weight excluding hydrogens is 540 g/mol. The Morgan fingerprint density at radius 2 is 1.05 bits per heavy atom. The largest absolute Gasteiger partial charge is 0.380 e. The molecular formula is C40H48N2O2. The van der Waals surface area contributed by atoms with E-state index in [2.05, 4.69) is 108 Å². The van der Waals surface area contributed by atoms with Crippen molar-refractivity contribution in [3.63, 3.8) is 0 Å². The Bertz CT molecular complexity index is 1890. The molecule has 2 saturated heterocycles. The molecule has 0 bridgehead atoms. The van der Waals surface area contributed by atoms with Crippen molar-refractivity contribution in [2.75, 3.05) is 26.4 Å². The predicted molar refractivity (Wildman–Crippen MR) is 188 cm³/mol. The van der Waals surface area contributed by atoms with Crippen LogP contribution in [0.1, 0.15) is 54.4 Å². The molecule has 0 N–H and O–H groups in total. The number of para-hydroxylation sites is 3. The van der Waals surface area contributed by atoms with E-state index in [0.29, 0.717) is 0 Å². The highest BCUT2D eigenvalue weighted by atomic mass is 16.5. The molecule has 2 fully saturated rings. The van der Waals surface area contributed by atoms with Gasteiger partial charge >= 0.3 is 0 Å². The third-order valence-corrected chi connectivity index (χ3v) is 9.99. The first-order valence-corrected chi connectivity index (χ1v) is 16.8. The fraction of sp³-hybridized carbons (Fsp3) is 0.400. The van der Waals surface area contributed by atoms with Gasteiger partial charge in [0.25, 0.3) is 0 Å². The van der Waals surface area contributed by atoms with Crippen LogP contribution in [0.2, 0.25) is 0 Å². The molecule has 230 valence electrons. The summed E-state index contributed by atoms with van der Waals surface area (Å²) in [4.78, 5) is 0. The fourth-order valence-corrected chi connectivity index (χ4v) is 7.16. The van der Waals surface area contributed by atoms with Gasteiger partial charge in [-0.15, -0.1) is 0 Å². The van der Waals surface area contributed by atoms with E-state index in [4.69, 9.17) is 9.47 Å². The van der Waals surface area contributed by atoms with Gasteiger partial charge in [-0.2, -0.15) is 0 Å². The topological polar surface area (TPSA) is 28.3 Å². The summed E-state index contributed by atoms with van der Waals surface area (Å²) in [5.41, 5.74) is 8.30. The van der Waals surface area contributed by atoms with Gasteiger partial charge in [0, 0.05) is 67.6 Å². The molecule has 4 heterocycles. The molecule has 0 atom stereocenters. The Morgan fingerprint density at radius 1 is 0.545 bits per heavy atom. The quantitative estimate of drug-likeness (QED) is 0.186. The minimum absolute atomic E-state index is 0.208. The van der Waals surface area contributed by atoms with Crippen LogP contribution >= 0.6 is 0 Å². The summed E-state index contributed by atoms with van der Waals surface area (Å²) in [5, 5.41) is 5.32. The zero-order chi connectivity index (χ0) is 30.9. The number of aromatic nitrogens is 2. The minimum Gasteiger partial charge on any atom is -0.380 e. The van der Waals surface area contributed by atoms with Crippen LogP contribution < -0.4 is 0 Å². The van der Waals surface area contributed by atoms with E-state index in [0.717, 1.165) is 52.4 Å². The lowest BCUT2D eigenvalue weighted by atomic mass is 9.83. The van der Waals surface area contributed by atoms with Gasteiger partial charge in [-0.25, -0.2) is 0 Å². The fourth-order valence-electron chi connectivity index (χ4n) is 7.16. The highest BCUT2D eigenvalue weighted by Gasteiger charge is 2.39. The monoisotopic (exact) mass is 588 g/mol. The van der Waals surface area contributed by atoms with Crippen LogP contribution in [0.4, 0.5) is 0 Å². The second kappa shape index (κ2) is 12.4. The van der Waals surface area contributed by atoms with Gasteiger partial charge in [0.05, 0.1) is 31.9 Å². The highest BCUT2D eigenvalue weighted by molar-refractivity contribution is 6.14. The number of benzene rings is 4. The number of nitrogens with zero attached hydrogens (tertiary/aromatic N) is 2. The molecule has 0 aliphatic carbocycles. The summed E-state index contributed by atoms with van der Waals surface area (Å²) >= 11 is 0. The van der Waals surface area contributed by atoms with E-state index in [9.17, 15) is 0 Å². The van der Waals surface area contributed by atoms with Gasteiger partial charge in [-0.3, -0.25) is 0 Å². The summed E-state index contributed by atoms with van der Waals surface area (Å²) in [7, 11) is 0. The molecule has 6 aromatic rings. The molecule has 0 spiro atoms. The zero-order valence-electron chi connectivity index (χ0n) is 27.5. The van der Waals surface area contributed by atoms with E-state index in [1.165, 1.54) is 54.7 Å². The van der Waals surface area contributed by atoms with Crippen LogP contribution in [0.25, 0.3) is 54.7 Å². The summed E-state index contributed by atoms with van der Waals surface area (Å²) in [6.07, 6.45) is 2.26. The standard InChI is InChI=1S/C36H36N2O2.2C2H6/c1-3-35(21-39-22-35)19-37-31-14-7-6-11-28(31)30-18-25(16-17-33(30)37)26-12-9-13-29-27-10-5-8-15-32(27)38(34(26)29)20-36(4-2)23-40-24-36;2*1-2/h5-18H,3-4,19-24H2,1-2H3;2*1-2H3. The van der Waals surface area contributed by atoms with Gasteiger partial charge < -0.3 is 18.6 Å². The zero-order valence-corrected chi connectivity index (χ0v) is 27.5. The molecule has 44 heavy (non-hydrogen) atoms. The molecule has 2 aliphatic rings. The van der Waals surface area contributed by atoms with Crippen LogP contribution in [0, 0.1) is 10.8 Å². The maximum Gasteiger partial charge on any atom is 0.0571 e. The van der Waals surface area contributed by atoms with Gasteiger partial charge in [0.2, 0.25) is 0 Å². The Kier molecular flexibility index (Phi) is 8.59. The lowest BCUT2D eigenvalue weighted by Crippen LogP contribution is -2.45. The summed E-state index contributed by atoms with van der Waals surface area (Å²) in [6, 6.07) is 31.8. The average molecular weight is 589 g/mol. The van der Waals surface area contributed by atoms with Crippen LogP contribution in [-0.2, 0) is 22.6 Å². The van der Waals surface area contributed by atoms with Crippen molar-refractivity contribution in [1.29, 1.82) is 0 Å². The average Bonchev–Trinajstić information content (AvgIpc) is 3.54. The molecule has 4 nitrogen and oxygen atoms in total. The lowest BCUT2D eigenvalue weighted by Gasteiger charge is -2.41. The number of rotatable bonds is 7. The molecule has 0 unspecified atom stereocenters. The Morgan fingerprint density at radius 3 is 1.61 bits per heavy atom. The van der Waals surface area contributed by atoms with Crippen molar-refractivity contribution in [2.24, 2.45) is 10.8 Å². The van der Waals surface area contributed by atoms with Crippen molar-refractivity contribution in [1.82, 2.24) is 9.13 Å². The maximum atomic E-state index is 5.74. The first-order chi connectivity index (χ1) is 21.6. The first kappa shape index (κ1) is 30.4. The van der Waals surface area contributed by atoms with Crippen LogP contribution in [0.5, 0.6) is 0 Å². The van der Waals surface area contributed by atoms with E-state index in [-0.39, 0.29) is 10.8 Å². The normalized spacial score (nSPS) is 16.6. The van der Waals surface area contributed by atoms with Gasteiger partial charge in [-0.1, -0.05) is 102 Å². The highest BCUT2D eigenvalue weighted by Crippen LogP contribution is 2.43. The third-order valence-electron chi connectivity index (χ3n) is 9.99. The SMILES string of the molecule is CC.CC.CCC1(Cn2c3ccccc3c3cc(-c4cccc5c6ccccc6n(CC6(CC)COC6)c45)ccc32)COC1.